The van der Waals surface area contributed by atoms with Crippen molar-refractivity contribution in [2.75, 3.05) is 16.8 Å². The first kappa shape index (κ1) is 17.1. The van der Waals surface area contributed by atoms with Gasteiger partial charge < -0.3 is 10.2 Å². The zero-order chi connectivity index (χ0) is 17.3. The second-order valence-corrected chi connectivity index (χ2v) is 6.70. The number of amides is 2. The van der Waals surface area contributed by atoms with Crippen LogP contribution in [0.1, 0.15) is 6.42 Å². The van der Waals surface area contributed by atoms with Gasteiger partial charge in [0.2, 0.25) is 11.8 Å². The quantitative estimate of drug-likeness (QED) is 0.839. The van der Waals surface area contributed by atoms with E-state index in [2.05, 4.69) is 5.32 Å². The molecule has 1 atom stereocenters. The molecule has 0 bridgehead atoms. The predicted octanol–water partition coefficient (Wildman–Crippen LogP) is 4.64. The third-order valence-corrected chi connectivity index (χ3v) is 4.88. The van der Waals surface area contributed by atoms with Crippen molar-refractivity contribution in [3.8, 4) is 0 Å². The lowest BCUT2D eigenvalue weighted by molar-refractivity contribution is -0.122. The Morgan fingerprint density at radius 2 is 1.79 bits per heavy atom. The van der Waals surface area contributed by atoms with Gasteiger partial charge in [-0.25, -0.2) is 0 Å². The van der Waals surface area contributed by atoms with E-state index in [1.54, 1.807) is 47.4 Å². The Morgan fingerprint density at radius 1 is 1.04 bits per heavy atom. The average Bonchev–Trinajstić information content (AvgIpc) is 2.93. The van der Waals surface area contributed by atoms with E-state index in [4.69, 9.17) is 34.8 Å². The molecular weight excluding hydrogens is 371 g/mol. The van der Waals surface area contributed by atoms with E-state index in [1.807, 2.05) is 0 Å². The van der Waals surface area contributed by atoms with Crippen molar-refractivity contribution in [2.45, 2.75) is 6.42 Å². The van der Waals surface area contributed by atoms with E-state index in [0.717, 1.165) is 0 Å². The summed E-state index contributed by atoms with van der Waals surface area (Å²) in [5, 5.41) is 4.02. The van der Waals surface area contributed by atoms with E-state index in [9.17, 15) is 9.59 Å². The zero-order valence-corrected chi connectivity index (χ0v) is 14.7. The van der Waals surface area contributed by atoms with Crippen LogP contribution in [0.25, 0.3) is 0 Å². The van der Waals surface area contributed by atoms with Gasteiger partial charge in [-0.1, -0.05) is 46.9 Å². The summed E-state index contributed by atoms with van der Waals surface area (Å²) in [6, 6.07) is 11.9. The second-order valence-electron chi connectivity index (χ2n) is 5.47. The first-order valence-electron chi connectivity index (χ1n) is 7.26. The maximum Gasteiger partial charge on any atom is 0.229 e. The number of para-hydroxylation sites is 1. The summed E-state index contributed by atoms with van der Waals surface area (Å²) in [6.45, 7) is 0.287. The van der Waals surface area contributed by atoms with E-state index in [-0.39, 0.29) is 24.8 Å². The van der Waals surface area contributed by atoms with Crippen LogP contribution in [0.15, 0.2) is 42.5 Å². The highest BCUT2D eigenvalue weighted by molar-refractivity contribution is 6.42. The van der Waals surface area contributed by atoms with Crippen LogP contribution in [0, 0.1) is 5.92 Å². The third kappa shape index (κ3) is 3.51. The summed E-state index contributed by atoms with van der Waals surface area (Å²) in [6.07, 6.45) is 0.137. The molecule has 2 aromatic rings. The molecule has 1 aliphatic rings. The molecular formula is C17H13Cl3N2O2. The minimum atomic E-state index is -0.455. The molecule has 0 radical (unpaired) electrons. The molecule has 0 unspecified atom stereocenters. The van der Waals surface area contributed by atoms with Crippen LogP contribution < -0.4 is 10.2 Å². The van der Waals surface area contributed by atoms with E-state index >= 15 is 0 Å². The Hall–Kier alpha value is -1.75. The van der Waals surface area contributed by atoms with Crippen molar-refractivity contribution in [3.05, 3.63) is 57.5 Å². The van der Waals surface area contributed by atoms with Gasteiger partial charge in [-0.2, -0.15) is 0 Å². The average molecular weight is 384 g/mol. The third-order valence-electron chi connectivity index (χ3n) is 3.83. The van der Waals surface area contributed by atoms with Crippen molar-refractivity contribution < 1.29 is 9.59 Å². The maximum absolute atomic E-state index is 12.4. The summed E-state index contributed by atoms with van der Waals surface area (Å²) in [5.74, 6) is -0.822. The fraction of sp³-hybridized carbons (Fsp3) is 0.176. The SMILES string of the molecule is O=C(Nc1ccc(Cl)c(Cl)c1)[C@H]1CC(=O)N(c2ccccc2Cl)C1. The van der Waals surface area contributed by atoms with Gasteiger partial charge in [-0.3, -0.25) is 9.59 Å². The highest BCUT2D eigenvalue weighted by atomic mass is 35.5. The smallest absolute Gasteiger partial charge is 0.229 e. The van der Waals surface area contributed by atoms with Crippen molar-refractivity contribution >= 4 is 58.0 Å². The Labute approximate surface area is 154 Å². The Morgan fingerprint density at radius 3 is 2.50 bits per heavy atom. The number of rotatable bonds is 3. The molecule has 3 rings (SSSR count). The van der Waals surface area contributed by atoms with Crippen LogP contribution in [-0.4, -0.2) is 18.4 Å². The number of benzene rings is 2. The fourth-order valence-corrected chi connectivity index (χ4v) is 3.14. The van der Waals surface area contributed by atoms with Crippen LogP contribution >= 0.6 is 34.8 Å². The van der Waals surface area contributed by atoms with Gasteiger partial charge in [-0.15, -0.1) is 0 Å². The van der Waals surface area contributed by atoms with Crippen molar-refractivity contribution in [1.82, 2.24) is 0 Å². The molecule has 24 heavy (non-hydrogen) atoms. The summed E-state index contributed by atoms with van der Waals surface area (Å²) in [4.78, 5) is 26.2. The molecule has 0 aliphatic carbocycles. The maximum atomic E-state index is 12.4. The molecule has 1 N–H and O–H groups in total. The molecule has 1 heterocycles. The van der Waals surface area contributed by atoms with Crippen LogP contribution in [0.5, 0.6) is 0 Å². The number of carbonyl (C=O) groups excluding carboxylic acids is 2. The highest BCUT2D eigenvalue weighted by Gasteiger charge is 2.35. The van der Waals surface area contributed by atoms with E-state index in [0.29, 0.717) is 26.4 Å². The largest absolute Gasteiger partial charge is 0.326 e. The molecule has 2 aromatic carbocycles. The predicted molar refractivity (Wildman–Crippen MR) is 97.0 cm³/mol. The van der Waals surface area contributed by atoms with Gasteiger partial charge in [-0.05, 0) is 30.3 Å². The minimum absolute atomic E-state index is 0.127. The summed E-state index contributed by atoms with van der Waals surface area (Å²) in [7, 11) is 0. The van der Waals surface area contributed by atoms with Crippen molar-refractivity contribution in [3.63, 3.8) is 0 Å². The van der Waals surface area contributed by atoms with E-state index < -0.39 is 5.92 Å². The number of nitrogens with one attached hydrogen (secondary N) is 1. The summed E-state index contributed by atoms with van der Waals surface area (Å²) < 4.78 is 0. The van der Waals surface area contributed by atoms with Crippen molar-refractivity contribution in [2.24, 2.45) is 5.92 Å². The lowest BCUT2D eigenvalue weighted by Crippen LogP contribution is -2.28. The summed E-state index contributed by atoms with van der Waals surface area (Å²) in [5.41, 5.74) is 1.16. The Kier molecular flexibility index (Phi) is 4.99. The molecule has 2 amide bonds. The monoisotopic (exact) mass is 382 g/mol. The van der Waals surface area contributed by atoms with Gasteiger partial charge in [0.25, 0.3) is 0 Å². The molecule has 1 saturated heterocycles. The van der Waals surface area contributed by atoms with Crippen LogP contribution in [0.4, 0.5) is 11.4 Å². The number of carbonyl (C=O) groups is 2. The minimum Gasteiger partial charge on any atom is -0.326 e. The molecule has 1 aliphatic heterocycles. The lowest BCUT2D eigenvalue weighted by Gasteiger charge is -2.18. The van der Waals surface area contributed by atoms with Crippen LogP contribution in [-0.2, 0) is 9.59 Å². The van der Waals surface area contributed by atoms with Crippen LogP contribution in [0.2, 0.25) is 15.1 Å². The number of hydrogen-bond acceptors (Lipinski definition) is 2. The van der Waals surface area contributed by atoms with Gasteiger partial charge in [0, 0.05) is 18.7 Å². The molecule has 1 fully saturated rings. The first-order chi connectivity index (χ1) is 11.5. The number of anilines is 2. The number of nitrogens with zero attached hydrogens (tertiary/aromatic N) is 1. The standard InChI is InChI=1S/C17H13Cl3N2O2/c18-12-6-5-11(8-14(12)20)21-17(24)10-7-16(23)22(9-10)15-4-2-1-3-13(15)19/h1-6,8,10H,7,9H2,(H,21,24)/t10-/m0/s1. The number of hydrogen-bond donors (Lipinski definition) is 1. The van der Waals surface area contributed by atoms with Gasteiger partial charge in [0.05, 0.1) is 26.7 Å². The van der Waals surface area contributed by atoms with Gasteiger partial charge >= 0.3 is 0 Å². The topological polar surface area (TPSA) is 49.4 Å². The lowest BCUT2D eigenvalue weighted by atomic mass is 10.1. The van der Waals surface area contributed by atoms with Gasteiger partial charge in [0.1, 0.15) is 0 Å². The van der Waals surface area contributed by atoms with Crippen LogP contribution in [0.3, 0.4) is 0 Å². The second kappa shape index (κ2) is 7.01. The molecule has 0 aromatic heterocycles. The molecule has 0 spiro atoms. The molecule has 0 saturated carbocycles. The molecule has 4 nitrogen and oxygen atoms in total. The molecule has 124 valence electrons. The number of halogens is 3. The first-order valence-corrected chi connectivity index (χ1v) is 8.40. The van der Waals surface area contributed by atoms with Crippen molar-refractivity contribution in [1.29, 1.82) is 0 Å². The Balaban J connectivity index is 1.72. The summed E-state index contributed by atoms with van der Waals surface area (Å²) >= 11 is 17.9. The highest BCUT2D eigenvalue weighted by Crippen LogP contribution is 2.32. The normalized spacial score (nSPS) is 17.2. The molecule has 7 heteroatoms. The van der Waals surface area contributed by atoms with Gasteiger partial charge in [0.15, 0.2) is 0 Å². The Bertz CT molecular complexity index is 810. The zero-order valence-electron chi connectivity index (χ0n) is 12.4. The fourth-order valence-electron chi connectivity index (χ4n) is 2.60. The van der Waals surface area contributed by atoms with E-state index in [1.165, 1.54) is 0 Å².